The minimum absolute atomic E-state index is 0.254. The average molecular weight is 307 g/mol. The maximum Gasteiger partial charge on any atom is 0.326 e. The Morgan fingerprint density at radius 2 is 1.86 bits per heavy atom. The van der Waals surface area contributed by atoms with Gasteiger partial charge in [0.2, 0.25) is 5.91 Å². The Bertz CT molecular complexity index is 479. The zero-order valence-corrected chi connectivity index (χ0v) is 13.5. The van der Waals surface area contributed by atoms with Crippen molar-refractivity contribution in [1.29, 1.82) is 0 Å². The number of carboxylic acid groups (broad SMARTS) is 1. The lowest BCUT2D eigenvalue weighted by Gasteiger charge is -2.21. The third-order valence-corrected chi connectivity index (χ3v) is 3.06. The summed E-state index contributed by atoms with van der Waals surface area (Å²) in [6, 6.07) is 8.72. The predicted octanol–water partition coefficient (Wildman–Crippen LogP) is 2.39. The summed E-state index contributed by atoms with van der Waals surface area (Å²) in [5, 5.41) is 11.7. The van der Waals surface area contributed by atoms with Crippen molar-refractivity contribution < 1.29 is 19.4 Å². The summed E-state index contributed by atoms with van der Waals surface area (Å²) in [5.74, 6) is -1.29. The van der Waals surface area contributed by atoms with Gasteiger partial charge in [0, 0.05) is 19.4 Å². The molecule has 22 heavy (non-hydrogen) atoms. The Kier molecular flexibility index (Phi) is 7.05. The molecule has 2 N–H and O–H groups in total. The molecule has 0 saturated carbocycles. The Labute approximate surface area is 131 Å². The van der Waals surface area contributed by atoms with Crippen molar-refractivity contribution >= 4 is 11.9 Å². The monoisotopic (exact) mass is 307 g/mol. The molecule has 0 aromatic heterocycles. The van der Waals surface area contributed by atoms with Gasteiger partial charge >= 0.3 is 5.97 Å². The van der Waals surface area contributed by atoms with E-state index in [1.807, 2.05) is 51.1 Å². The number of aliphatic carboxylic acids is 1. The Morgan fingerprint density at radius 3 is 2.41 bits per heavy atom. The van der Waals surface area contributed by atoms with Gasteiger partial charge in [0.05, 0.1) is 5.60 Å². The van der Waals surface area contributed by atoms with E-state index in [9.17, 15) is 9.59 Å². The molecule has 5 nitrogen and oxygen atoms in total. The lowest BCUT2D eigenvalue weighted by Crippen LogP contribution is -2.42. The minimum Gasteiger partial charge on any atom is -0.480 e. The normalized spacial score (nSPS) is 12.7. The van der Waals surface area contributed by atoms with Crippen LogP contribution in [0.4, 0.5) is 0 Å². The van der Waals surface area contributed by atoms with Crippen molar-refractivity contribution in [3.8, 4) is 0 Å². The molecule has 1 aromatic carbocycles. The van der Waals surface area contributed by atoms with Crippen LogP contribution in [0.5, 0.6) is 0 Å². The van der Waals surface area contributed by atoms with Crippen molar-refractivity contribution in [3.63, 3.8) is 0 Å². The van der Waals surface area contributed by atoms with Crippen LogP contribution in [0.15, 0.2) is 30.3 Å². The number of carbonyl (C=O) groups is 2. The van der Waals surface area contributed by atoms with Crippen LogP contribution < -0.4 is 5.32 Å². The molecule has 0 fully saturated rings. The van der Waals surface area contributed by atoms with Gasteiger partial charge < -0.3 is 15.2 Å². The van der Waals surface area contributed by atoms with E-state index in [0.717, 1.165) is 5.56 Å². The van der Waals surface area contributed by atoms with Gasteiger partial charge in [0.1, 0.15) is 6.04 Å². The molecule has 0 heterocycles. The smallest absolute Gasteiger partial charge is 0.326 e. The van der Waals surface area contributed by atoms with Crippen LogP contribution in [0, 0.1) is 0 Å². The summed E-state index contributed by atoms with van der Waals surface area (Å²) < 4.78 is 5.51. The second-order valence-electron chi connectivity index (χ2n) is 6.19. The maximum absolute atomic E-state index is 11.9. The largest absolute Gasteiger partial charge is 0.480 e. The molecule has 0 aliphatic rings. The van der Waals surface area contributed by atoms with Crippen LogP contribution in [0.2, 0.25) is 0 Å². The summed E-state index contributed by atoms with van der Waals surface area (Å²) in [5.41, 5.74) is 0.737. The summed E-state index contributed by atoms with van der Waals surface area (Å²) in [6.07, 6.45) is 1.12. The van der Waals surface area contributed by atoms with Gasteiger partial charge in [-0.05, 0) is 32.8 Å². The number of aryl methyl sites for hydroxylation is 1. The fourth-order valence-corrected chi connectivity index (χ4v) is 1.91. The van der Waals surface area contributed by atoms with Gasteiger partial charge in [0.25, 0.3) is 0 Å². The maximum atomic E-state index is 11.9. The SMILES string of the molecule is CC(C)(C)OCCC(NC(=O)CCc1ccccc1)C(=O)O. The number of hydrogen-bond acceptors (Lipinski definition) is 3. The molecule has 0 aliphatic heterocycles. The van der Waals surface area contributed by atoms with E-state index in [2.05, 4.69) is 5.32 Å². The van der Waals surface area contributed by atoms with Crippen LogP contribution in [0.25, 0.3) is 0 Å². The van der Waals surface area contributed by atoms with E-state index in [1.165, 1.54) is 0 Å². The molecule has 1 atom stereocenters. The van der Waals surface area contributed by atoms with E-state index in [4.69, 9.17) is 9.84 Å². The van der Waals surface area contributed by atoms with Crippen molar-refractivity contribution in [2.75, 3.05) is 6.61 Å². The van der Waals surface area contributed by atoms with Gasteiger partial charge in [0.15, 0.2) is 0 Å². The molecule has 0 spiro atoms. The third-order valence-electron chi connectivity index (χ3n) is 3.06. The highest BCUT2D eigenvalue weighted by atomic mass is 16.5. The van der Waals surface area contributed by atoms with Gasteiger partial charge in [-0.1, -0.05) is 30.3 Å². The number of rotatable bonds is 8. The summed E-state index contributed by atoms with van der Waals surface area (Å²) in [6.45, 7) is 6.00. The molecule has 0 aliphatic carbocycles. The number of amides is 1. The number of ether oxygens (including phenoxy) is 1. The van der Waals surface area contributed by atoms with Crippen LogP contribution in [0.1, 0.15) is 39.2 Å². The molecular weight excluding hydrogens is 282 g/mol. The molecule has 1 aromatic rings. The Morgan fingerprint density at radius 1 is 1.23 bits per heavy atom. The highest BCUT2D eigenvalue weighted by Gasteiger charge is 2.21. The third kappa shape index (κ3) is 7.78. The number of nitrogens with one attached hydrogen (secondary N) is 1. The first kappa shape index (κ1) is 18.2. The van der Waals surface area contributed by atoms with Gasteiger partial charge in [-0.2, -0.15) is 0 Å². The van der Waals surface area contributed by atoms with E-state index in [0.29, 0.717) is 13.0 Å². The first-order valence-corrected chi connectivity index (χ1v) is 7.48. The van der Waals surface area contributed by atoms with Crippen LogP contribution in [-0.4, -0.2) is 35.2 Å². The number of carboxylic acids is 1. The average Bonchev–Trinajstić information content (AvgIpc) is 2.43. The Balaban J connectivity index is 2.39. The zero-order chi connectivity index (χ0) is 16.6. The number of benzene rings is 1. The topological polar surface area (TPSA) is 75.6 Å². The van der Waals surface area contributed by atoms with Gasteiger partial charge in [-0.15, -0.1) is 0 Å². The number of carbonyl (C=O) groups excluding carboxylic acids is 1. The molecular formula is C17H25NO4. The minimum atomic E-state index is -1.04. The fourth-order valence-electron chi connectivity index (χ4n) is 1.91. The molecule has 5 heteroatoms. The van der Waals surface area contributed by atoms with Crippen LogP contribution in [0.3, 0.4) is 0 Å². The highest BCUT2D eigenvalue weighted by Crippen LogP contribution is 2.08. The van der Waals surface area contributed by atoms with E-state index < -0.39 is 12.0 Å². The molecule has 0 saturated heterocycles. The number of hydrogen-bond donors (Lipinski definition) is 2. The lowest BCUT2D eigenvalue weighted by atomic mass is 10.1. The second-order valence-corrected chi connectivity index (χ2v) is 6.19. The molecule has 1 amide bonds. The molecule has 0 bridgehead atoms. The van der Waals surface area contributed by atoms with Crippen molar-refractivity contribution in [2.24, 2.45) is 0 Å². The van der Waals surface area contributed by atoms with E-state index in [-0.39, 0.29) is 24.3 Å². The van der Waals surface area contributed by atoms with Gasteiger partial charge in [-0.3, -0.25) is 4.79 Å². The first-order chi connectivity index (χ1) is 10.3. The summed E-state index contributed by atoms with van der Waals surface area (Å²) in [7, 11) is 0. The molecule has 1 rings (SSSR count). The van der Waals surface area contributed by atoms with Crippen molar-refractivity contribution in [2.45, 2.75) is 51.7 Å². The molecule has 0 radical (unpaired) electrons. The standard InChI is InChI=1S/C17H25NO4/c1-17(2,3)22-12-11-14(16(20)21)18-15(19)10-9-13-7-5-4-6-8-13/h4-8,14H,9-12H2,1-3H3,(H,18,19)(H,20,21). The molecule has 122 valence electrons. The predicted molar refractivity (Wildman–Crippen MR) is 84.7 cm³/mol. The van der Waals surface area contributed by atoms with E-state index in [1.54, 1.807) is 0 Å². The second kappa shape index (κ2) is 8.54. The van der Waals surface area contributed by atoms with Crippen LogP contribution in [-0.2, 0) is 20.7 Å². The lowest BCUT2D eigenvalue weighted by molar-refractivity contribution is -0.142. The summed E-state index contributed by atoms with van der Waals surface area (Å²) >= 11 is 0. The molecule has 1 unspecified atom stereocenters. The Hall–Kier alpha value is -1.88. The fraction of sp³-hybridized carbons (Fsp3) is 0.529. The first-order valence-electron chi connectivity index (χ1n) is 7.48. The van der Waals surface area contributed by atoms with Crippen molar-refractivity contribution in [1.82, 2.24) is 5.32 Å². The zero-order valence-electron chi connectivity index (χ0n) is 13.5. The van der Waals surface area contributed by atoms with Gasteiger partial charge in [-0.25, -0.2) is 4.79 Å². The quantitative estimate of drug-likeness (QED) is 0.773. The van der Waals surface area contributed by atoms with E-state index >= 15 is 0 Å². The van der Waals surface area contributed by atoms with Crippen LogP contribution >= 0.6 is 0 Å². The highest BCUT2D eigenvalue weighted by molar-refractivity contribution is 5.83. The summed E-state index contributed by atoms with van der Waals surface area (Å²) in [4.78, 5) is 23.1. The van der Waals surface area contributed by atoms with Crippen molar-refractivity contribution in [3.05, 3.63) is 35.9 Å².